The summed E-state index contributed by atoms with van der Waals surface area (Å²) in [4.78, 5) is 0. The predicted molar refractivity (Wildman–Crippen MR) is 69.4 cm³/mol. The van der Waals surface area contributed by atoms with Gasteiger partial charge in [-0.2, -0.15) is 0 Å². The Hall–Kier alpha value is -0.520. The topological polar surface area (TPSA) is 38.0 Å². The molecule has 0 aliphatic heterocycles. The van der Waals surface area contributed by atoms with Crippen molar-refractivity contribution in [2.75, 3.05) is 17.6 Å². The van der Waals surface area contributed by atoms with Crippen LogP contribution in [0.15, 0.2) is 12.1 Å². The first-order chi connectivity index (χ1) is 7.16. The van der Waals surface area contributed by atoms with Crippen molar-refractivity contribution in [3.05, 3.63) is 21.5 Å². The van der Waals surface area contributed by atoms with Crippen molar-refractivity contribution in [1.29, 1.82) is 0 Å². The summed E-state index contributed by atoms with van der Waals surface area (Å²) in [6.45, 7) is 0.884. The smallest absolute Gasteiger partial charge is 0.138 e. The zero-order valence-corrected chi connectivity index (χ0v) is 10.6. The van der Waals surface area contributed by atoms with Crippen LogP contribution in [0.3, 0.4) is 0 Å². The predicted octanol–water partition coefficient (Wildman–Crippen LogP) is 3.22. The molecule has 1 fully saturated rings. The maximum atomic E-state index is 13.3. The standard InChI is InChI=1S/C11H14FIN2/c12-8-5-11(10(14)6-9(8)13)15-4-3-7-1-2-7/h5-7,15H,1-4,14H2. The molecule has 1 aromatic rings. The van der Waals surface area contributed by atoms with Gasteiger partial charge in [0.15, 0.2) is 0 Å². The van der Waals surface area contributed by atoms with Crippen molar-refractivity contribution in [3.8, 4) is 0 Å². The fourth-order valence-electron chi connectivity index (χ4n) is 1.53. The molecule has 2 nitrogen and oxygen atoms in total. The van der Waals surface area contributed by atoms with E-state index in [0.717, 1.165) is 18.9 Å². The van der Waals surface area contributed by atoms with Gasteiger partial charge in [-0.3, -0.25) is 0 Å². The highest BCUT2D eigenvalue weighted by molar-refractivity contribution is 14.1. The molecule has 0 aromatic heterocycles. The van der Waals surface area contributed by atoms with Gasteiger partial charge in [0.25, 0.3) is 0 Å². The van der Waals surface area contributed by atoms with Crippen molar-refractivity contribution in [1.82, 2.24) is 0 Å². The summed E-state index contributed by atoms with van der Waals surface area (Å²) in [6, 6.07) is 3.14. The highest BCUT2D eigenvalue weighted by atomic mass is 127. The Morgan fingerprint density at radius 2 is 2.20 bits per heavy atom. The van der Waals surface area contributed by atoms with Gasteiger partial charge in [-0.25, -0.2) is 4.39 Å². The minimum Gasteiger partial charge on any atom is -0.397 e. The maximum absolute atomic E-state index is 13.3. The van der Waals surface area contributed by atoms with Crippen LogP contribution in [0.25, 0.3) is 0 Å². The van der Waals surface area contributed by atoms with E-state index >= 15 is 0 Å². The second-order valence-electron chi connectivity index (χ2n) is 4.01. The van der Waals surface area contributed by atoms with E-state index in [1.165, 1.54) is 18.9 Å². The van der Waals surface area contributed by atoms with E-state index in [0.29, 0.717) is 14.9 Å². The number of halogens is 2. The number of hydrogen-bond donors (Lipinski definition) is 2. The van der Waals surface area contributed by atoms with E-state index in [1.807, 2.05) is 22.6 Å². The average Bonchev–Trinajstić information content (AvgIpc) is 2.97. The molecule has 0 heterocycles. The van der Waals surface area contributed by atoms with Crippen molar-refractivity contribution >= 4 is 34.0 Å². The van der Waals surface area contributed by atoms with Crippen LogP contribution in [-0.2, 0) is 0 Å². The first-order valence-corrected chi connectivity index (χ1v) is 6.23. The molecule has 2 rings (SSSR count). The molecule has 0 bridgehead atoms. The number of anilines is 2. The molecule has 15 heavy (non-hydrogen) atoms. The first kappa shape index (κ1) is 11.0. The van der Waals surface area contributed by atoms with E-state index in [4.69, 9.17) is 5.73 Å². The van der Waals surface area contributed by atoms with Gasteiger partial charge in [-0.15, -0.1) is 0 Å². The van der Waals surface area contributed by atoms with Gasteiger partial charge >= 0.3 is 0 Å². The second-order valence-corrected chi connectivity index (χ2v) is 5.17. The van der Waals surface area contributed by atoms with E-state index in [1.54, 1.807) is 6.07 Å². The van der Waals surface area contributed by atoms with Crippen molar-refractivity contribution in [2.24, 2.45) is 5.92 Å². The van der Waals surface area contributed by atoms with E-state index in [9.17, 15) is 4.39 Å². The molecular formula is C11H14FIN2. The fraction of sp³-hybridized carbons (Fsp3) is 0.455. The summed E-state index contributed by atoms with van der Waals surface area (Å²) < 4.78 is 13.8. The largest absolute Gasteiger partial charge is 0.397 e. The molecule has 0 spiro atoms. The third-order valence-electron chi connectivity index (χ3n) is 2.66. The molecule has 82 valence electrons. The average molecular weight is 320 g/mol. The summed E-state index contributed by atoms with van der Waals surface area (Å²) in [6.07, 6.45) is 3.85. The summed E-state index contributed by atoms with van der Waals surface area (Å²) >= 11 is 1.94. The molecule has 0 saturated heterocycles. The van der Waals surface area contributed by atoms with Crippen LogP contribution < -0.4 is 11.1 Å². The summed E-state index contributed by atoms with van der Waals surface area (Å²) in [5, 5.41) is 3.18. The lowest BCUT2D eigenvalue weighted by atomic mass is 10.2. The van der Waals surface area contributed by atoms with Crippen LogP contribution in [0.5, 0.6) is 0 Å². The van der Waals surface area contributed by atoms with Gasteiger partial charge in [-0.05, 0) is 41.0 Å². The van der Waals surface area contributed by atoms with E-state index in [2.05, 4.69) is 5.32 Å². The minimum atomic E-state index is -0.210. The van der Waals surface area contributed by atoms with Gasteiger partial charge in [0.2, 0.25) is 0 Å². The van der Waals surface area contributed by atoms with E-state index in [-0.39, 0.29) is 5.82 Å². The molecule has 3 N–H and O–H groups in total. The lowest BCUT2D eigenvalue weighted by molar-refractivity contribution is 0.621. The Morgan fingerprint density at radius 1 is 1.47 bits per heavy atom. The minimum absolute atomic E-state index is 0.210. The number of nitrogen functional groups attached to an aromatic ring is 1. The molecule has 1 aromatic carbocycles. The van der Waals surface area contributed by atoms with Gasteiger partial charge in [0.1, 0.15) is 5.82 Å². The zero-order valence-electron chi connectivity index (χ0n) is 8.39. The van der Waals surface area contributed by atoms with Crippen LogP contribution in [0.4, 0.5) is 15.8 Å². The Labute approximate surface area is 103 Å². The molecule has 1 aliphatic carbocycles. The first-order valence-electron chi connectivity index (χ1n) is 5.15. The molecule has 0 amide bonds. The van der Waals surface area contributed by atoms with Crippen LogP contribution >= 0.6 is 22.6 Å². The maximum Gasteiger partial charge on any atom is 0.138 e. The summed E-state index contributed by atoms with van der Waals surface area (Å²) in [5.74, 6) is 0.672. The molecule has 0 radical (unpaired) electrons. The number of hydrogen-bond acceptors (Lipinski definition) is 2. The van der Waals surface area contributed by atoms with Crippen LogP contribution in [-0.4, -0.2) is 6.54 Å². The lowest BCUT2D eigenvalue weighted by Gasteiger charge is -2.09. The van der Waals surface area contributed by atoms with E-state index < -0.39 is 0 Å². The molecule has 4 heteroatoms. The quantitative estimate of drug-likeness (QED) is 0.660. The van der Waals surface area contributed by atoms with Crippen molar-refractivity contribution < 1.29 is 4.39 Å². The summed E-state index contributed by atoms with van der Waals surface area (Å²) in [7, 11) is 0. The monoisotopic (exact) mass is 320 g/mol. The molecule has 1 saturated carbocycles. The zero-order chi connectivity index (χ0) is 10.8. The lowest BCUT2D eigenvalue weighted by Crippen LogP contribution is -2.05. The molecule has 0 atom stereocenters. The van der Waals surface area contributed by atoms with Gasteiger partial charge < -0.3 is 11.1 Å². The normalized spacial score (nSPS) is 15.3. The molecule has 0 unspecified atom stereocenters. The third kappa shape index (κ3) is 2.96. The fourth-order valence-corrected chi connectivity index (χ4v) is 2.02. The Bertz CT molecular complexity index is 364. The van der Waals surface area contributed by atoms with Crippen molar-refractivity contribution in [2.45, 2.75) is 19.3 Å². The van der Waals surface area contributed by atoms with Crippen LogP contribution in [0, 0.1) is 15.3 Å². The summed E-state index contributed by atoms with van der Waals surface area (Å²) in [5.41, 5.74) is 7.13. The number of benzene rings is 1. The van der Waals surface area contributed by atoms with Crippen LogP contribution in [0.2, 0.25) is 0 Å². The molecular weight excluding hydrogens is 306 g/mol. The highest BCUT2D eigenvalue weighted by Crippen LogP contribution is 2.32. The van der Waals surface area contributed by atoms with Gasteiger partial charge in [0, 0.05) is 12.6 Å². The number of rotatable bonds is 4. The number of nitrogens with one attached hydrogen (secondary N) is 1. The number of nitrogens with two attached hydrogens (primary N) is 1. The molecule has 1 aliphatic rings. The third-order valence-corrected chi connectivity index (χ3v) is 3.48. The van der Waals surface area contributed by atoms with Crippen LogP contribution in [0.1, 0.15) is 19.3 Å². The van der Waals surface area contributed by atoms with Gasteiger partial charge in [-0.1, -0.05) is 12.8 Å². The Balaban J connectivity index is 1.96. The van der Waals surface area contributed by atoms with Crippen molar-refractivity contribution in [3.63, 3.8) is 0 Å². The highest BCUT2D eigenvalue weighted by Gasteiger charge is 2.20. The SMILES string of the molecule is Nc1cc(I)c(F)cc1NCCC1CC1. The Morgan fingerprint density at radius 3 is 2.87 bits per heavy atom. The Kier molecular flexibility index (Phi) is 3.33. The second kappa shape index (κ2) is 4.55. The van der Waals surface area contributed by atoms with Gasteiger partial charge in [0.05, 0.1) is 14.9 Å².